The van der Waals surface area contributed by atoms with E-state index >= 15 is 0 Å². The topological polar surface area (TPSA) is 92.5 Å². The molecule has 6 heteroatoms. The first-order valence-corrected chi connectivity index (χ1v) is 8.42. The minimum Gasteiger partial charge on any atom is -0.368 e. The van der Waals surface area contributed by atoms with Crippen molar-refractivity contribution in [2.45, 2.75) is 51.1 Å². The van der Waals surface area contributed by atoms with Gasteiger partial charge in [-0.1, -0.05) is 30.3 Å². The van der Waals surface area contributed by atoms with Crippen LogP contribution in [0.25, 0.3) is 0 Å². The number of carbonyl (C=O) groups is 3. The third-order valence-corrected chi connectivity index (χ3v) is 4.32. The first-order valence-electron chi connectivity index (χ1n) is 8.42. The van der Waals surface area contributed by atoms with Crippen molar-refractivity contribution in [3.8, 4) is 0 Å². The molecule has 1 aromatic rings. The summed E-state index contributed by atoms with van der Waals surface area (Å²) in [5, 5.41) is 2.72. The van der Waals surface area contributed by atoms with E-state index in [4.69, 9.17) is 5.73 Å². The molecule has 3 amide bonds. The lowest BCUT2D eigenvalue weighted by molar-refractivity contribution is -0.140. The van der Waals surface area contributed by atoms with Crippen LogP contribution in [0.1, 0.15) is 38.2 Å². The van der Waals surface area contributed by atoms with Crippen LogP contribution in [0, 0.1) is 0 Å². The second-order valence-electron chi connectivity index (χ2n) is 6.22. The lowest BCUT2D eigenvalue weighted by Gasteiger charge is -2.25. The number of nitrogens with one attached hydrogen (secondary N) is 1. The fourth-order valence-electron chi connectivity index (χ4n) is 3.05. The highest BCUT2D eigenvalue weighted by atomic mass is 16.2. The summed E-state index contributed by atoms with van der Waals surface area (Å²) < 4.78 is 0. The predicted octanol–water partition coefficient (Wildman–Crippen LogP) is 0.990. The summed E-state index contributed by atoms with van der Waals surface area (Å²) in [4.78, 5) is 37.3. The molecule has 1 aromatic carbocycles. The smallest absolute Gasteiger partial charge is 0.245 e. The molecule has 2 atom stereocenters. The van der Waals surface area contributed by atoms with Gasteiger partial charge in [0.15, 0.2) is 0 Å². The van der Waals surface area contributed by atoms with Crippen LogP contribution in [-0.2, 0) is 20.8 Å². The van der Waals surface area contributed by atoms with Gasteiger partial charge in [0.05, 0.1) is 0 Å². The monoisotopic (exact) mass is 331 g/mol. The van der Waals surface area contributed by atoms with E-state index in [9.17, 15) is 14.4 Å². The number of hydrogen-bond donors (Lipinski definition) is 2. The Hall–Kier alpha value is -2.37. The first kappa shape index (κ1) is 18.0. The molecule has 1 aliphatic rings. The lowest BCUT2D eigenvalue weighted by atomic mass is 10.1. The summed E-state index contributed by atoms with van der Waals surface area (Å²) in [6, 6.07) is 8.77. The second-order valence-corrected chi connectivity index (χ2v) is 6.22. The first-order chi connectivity index (χ1) is 11.5. The van der Waals surface area contributed by atoms with Crippen LogP contribution >= 0.6 is 0 Å². The molecule has 6 nitrogen and oxygen atoms in total. The highest BCUT2D eigenvalue weighted by Crippen LogP contribution is 2.18. The Morgan fingerprint density at radius 3 is 2.67 bits per heavy atom. The Kier molecular flexibility index (Phi) is 6.35. The quantitative estimate of drug-likeness (QED) is 0.780. The Labute approximate surface area is 142 Å². The molecule has 0 aromatic heterocycles. The van der Waals surface area contributed by atoms with Gasteiger partial charge in [0.25, 0.3) is 0 Å². The molecule has 1 unspecified atom stereocenters. The number of nitrogens with two attached hydrogens (primary N) is 1. The fourth-order valence-corrected chi connectivity index (χ4v) is 3.05. The summed E-state index contributed by atoms with van der Waals surface area (Å²) in [5.41, 5.74) is 6.52. The van der Waals surface area contributed by atoms with Gasteiger partial charge in [0.1, 0.15) is 12.1 Å². The van der Waals surface area contributed by atoms with Crippen LogP contribution in [0.4, 0.5) is 0 Å². The fraction of sp³-hybridized carbons (Fsp3) is 0.500. The van der Waals surface area contributed by atoms with Gasteiger partial charge in [0, 0.05) is 13.0 Å². The van der Waals surface area contributed by atoms with E-state index < -0.39 is 18.0 Å². The predicted molar refractivity (Wildman–Crippen MR) is 90.9 cm³/mol. The Balaban J connectivity index is 1.76. The van der Waals surface area contributed by atoms with Gasteiger partial charge in [-0.25, -0.2) is 0 Å². The molecular weight excluding hydrogens is 306 g/mol. The third-order valence-electron chi connectivity index (χ3n) is 4.32. The Morgan fingerprint density at radius 1 is 1.29 bits per heavy atom. The number of nitrogens with zero attached hydrogens (tertiary/aromatic N) is 1. The van der Waals surface area contributed by atoms with E-state index in [0.29, 0.717) is 19.4 Å². The summed E-state index contributed by atoms with van der Waals surface area (Å²) >= 11 is 0. The van der Waals surface area contributed by atoms with Crippen molar-refractivity contribution in [2.24, 2.45) is 5.73 Å². The largest absolute Gasteiger partial charge is 0.368 e. The summed E-state index contributed by atoms with van der Waals surface area (Å²) in [5.74, 6) is -0.878. The number of amides is 3. The number of carbonyl (C=O) groups excluding carboxylic acids is 3. The summed E-state index contributed by atoms with van der Waals surface area (Å²) in [6.07, 6.45) is 3.28. The van der Waals surface area contributed by atoms with Crippen molar-refractivity contribution in [1.29, 1.82) is 0 Å². The zero-order valence-electron chi connectivity index (χ0n) is 14.0. The molecule has 0 radical (unpaired) electrons. The zero-order valence-corrected chi connectivity index (χ0v) is 14.0. The maximum Gasteiger partial charge on any atom is 0.245 e. The molecule has 1 saturated heterocycles. The average molecular weight is 331 g/mol. The van der Waals surface area contributed by atoms with Crippen molar-refractivity contribution in [1.82, 2.24) is 10.2 Å². The Bertz CT molecular complexity index is 588. The number of primary amides is 1. The number of likely N-dealkylation sites (tertiary alicyclic amines) is 1. The second kappa shape index (κ2) is 8.47. The van der Waals surface area contributed by atoms with Gasteiger partial charge in [-0.2, -0.15) is 0 Å². The standard InChI is InChI=1S/C18H25N3O3/c1-13(18(24)21-12-6-10-15(21)17(19)23)20-16(22)11-5-9-14-7-3-2-4-8-14/h2-4,7-8,13,15H,5-6,9-12H2,1H3,(H2,19,23)(H,20,22)/t13?,15-/m0/s1. The third kappa shape index (κ3) is 4.81. The molecule has 1 heterocycles. The van der Waals surface area contributed by atoms with Crippen LogP contribution in [0.3, 0.4) is 0 Å². The molecule has 0 aliphatic carbocycles. The van der Waals surface area contributed by atoms with Crippen LogP contribution in [0.15, 0.2) is 30.3 Å². The molecule has 2 rings (SSSR count). The van der Waals surface area contributed by atoms with Gasteiger partial charge in [-0.3, -0.25) is 14.4 Å². The van der Waals surface area contributed by atoms with Gasteiger partial charge < -0.3 is 16.0 Å². The van der Waals surface area contributed by atoms with E-state index in [2.05, 4.69) is 5.32 Å². The van der Waals surface area contributed by atoms with Gasteiger partial charge in [-0.15, -0.1) is 0 Å². The SMILES string of the molecule is CC(NC(=O)CCCc1ccccc1)C(=O)N1CCC[C@H]1C(N)=O. The maximum atomic E-state index is 12.4. The number of rotatable bonds is 7. The molecule has 0 saturated carbocycles. The molecule has 130 valence electrons. The highest BCUT2D eigenvalue weighted by Gasteiger charge is 2.34. The minimum absolute atomic E-state index is 0.151. The van der Waals surface area contributed by atoms with Gasteiger partial charge >= 0.3 is 0 Å². The zero-order chi connectivity index (χ0) is 17.5. The number of hydrogen-bond acceptors (Lipinski definition) is 3. The van der Waals surface area contributed by atoms with E-state index in [1.54, 1.807) is 6.92 Å². The average Bonchev–Trinajstić information content (AvgIpc) is 3.05. The normalized spacial score (nSPS) is 18.2. The summed E-state index contributed by atoms with van der Waals surface area (Å²) in [7, 11) is 0. The van der Waals surface area contributed by atoms with Crippen LogP contribution in [0.2, 0.25) is 0 Å². The van der Waals surface area contributed by atoms with Crippen LogP contribution in [-0.4, -0.2) is 41.2 Å². The van der Waals surface area contributed by atoms with E-state index in [-0.39, 0.29) is 11.8 Å². The summed E-state index contributed by atoms with van der Waals surface area (Å²) in [6.45, 7) is 2.16. The van der Waals surface area contributed by atoms with Crippen molar-refractivity contribution in [3.63, 3.8) is 0 Å². The van der Waals surface area contributed by atoms with Crippen molar-refractivity contribution >= 4 is 17.7 Å². The maximum absolute atomic E-state index is 12.4. The van der Waals surface area contributed by atoms with E-state index in [0.717, 1.165) is 19.3 Å². The van der Waals surface area contributed by atoms with Gasteiger partial charge in [-0.05, 0) is 38.2 Å². The molecule has 1 fully saturated rings. The van der Waals surface area contributed by atoms with E-state index in [1.807, 2.05) is 30.3 Å². The van der Waals surface area contributed by atoms with Gasteiger partial charge in [0.2, 0.25) is 17.7 Å². The molecular formula is C18H25N3O3. The number of benzene rings is 1. The van der Waals surface area contributed by atoms with E-state index in [1.165, 1.54) is 10.5 Å². The minimum atomic E-state index is -0.644. The van der Waals surface area contributed by atoms with Crippen LogP contribution < -0.4 is 11.1 Å². The lowest BCUT2D eigenvalue weighted by Crippen LogP contribution is -2.51. The number of aryl methyl sites for hydroxylation is 1. The molecule has 0 bridgehead atoms. The Morgan fingerprint density at radius 2 is 2.00 bits per heavy atom. The molecule has 1 aliphatic heterocycles. The molecule has 0 spiro atoms. The van der Waals surface area contributed by atoms with Crippen molar-refractivity contribution < 1.29 is 14.4 Å². The highest BCUT2D eigenvalue weighted by molar-refractivity contribution is 5.91. The molecule has 24 heavy (non-hydrogen) atoms. The van der Waals surface area contributed by atoms with Crippen molar-refractivity contribution in [3.05, 3.63) is 35.9 Å². The van der Waals surface area contributed by atoms with Crippen molar-refractivity contribution in [2.75, 3.05) is 6.54 Å². The molecule has 3 N–H and O–H groups in total. The van der Waals surface area contributed by atoms with Crippen LogP contribution in [0.5, 0.6) is 0 Å².